The number of benzene rings is 2. The average molecular weight is 262 g/mol. The van der Waals surface area contributed by atoms with Gasteiger partial charge in [-0.15, -0.1) is 0 Å². The Labute approximate surface area is 117 Å². The number of para-hydroxylation sites is 1. The number of pyridine rings is 1. The Morgan fingerprint density at radius 1 is 1.00 bits per heavy atom. The molecule has 20 heavy (non-hydrogen) atoms. The molecular formula is C17H14N2O. The summed E-state index contributed by atoms with van der Waals surface area (Å²) in [6.07, 6.45) is 1.79. The monoisotopic (exact) mass is 262 g/mol. The Hall–Kier alpha value is -2.68. The summed E-state index contributed by atoms with van der Waals surface area (Å²) in [5.74, 6) is 0.0749. The second-order valence-electron chi connectivity index (χ2n) is 4.63. The first-order valence-electron chi connectivity index (χ1n) is 6.46. The van der Waals surface area contributed by atoms with Crippen molar-refractivity contribution >= 4 is 28.1 Å². The molecule has 0 aliphatic heterocycles. The molecule has 0 amide bonds. The summed E-state index contributed by atoms with van der Waals surface area (Å²) in [6, 6.07) is 17.4. The fourth-order valence-electron chi connectivity index (χ4n) is 2.15. The molecule has 0 spiro atoms. The van der Waals surface area contributed by atoms with E-state index in [0.29, 0.717) is 0 Å². The van der Waals surface area contributed by atoms with Crippen molar-refractivity contribution < 1.29 is 4.79 Å². The predicted octanol–water partition coefficient (Wildman–Crippen LogP) is 4.18. The van der Waals surface area contributed by atoms with Crippen LogP contribution in [0.15, 0.2) is 60.8 Å². The van der Waals surface area contributed by atoms with Crippen molar-refractivity contribution in [3.63, 3.8) is 0 Å². The molecule has 0 fully saturated rings. The van der Waals surface area contributed by atoms with E-state index in [1.165, 1.54) is 0 Å². The van der Waals surface area contributed by atoms with Gasteiger partial charge in [0.25, 0.3) is 0 Å². The first-order valence-corrected chi connectivity index (χ1v) is 6.46. The third kappa shape index (κ3) is 2.38. The number of nitrogens with one attached hydrogen (secondary N) is 1. The maximum absolute atomic E-state index is 11.3. The van der Waals surface area contributed by atoms with Crippen LogP contribution in [0.3, 0.4) is 0 Å². The number of nitrogens with zero attached hydrogens (tertiary/aromatic N) is 1. The lowest BCUT2D eigenvalue weighted by atomic mass is 10.1. The number of carbonyl (C=O) groups excluding carboxylic acids is 1. The van der Waals surface area contributed by atoms with Gasteiger partial charge in [-0.05, 0) is 43.3 Å². The molecule has 2 aromatic carbocycles. The maximum atomic E-state index is 11.3. The highest BCUT2D eigenvalue weighted by Crippen LogP contribution is 2.24. The molecule has 1 N–H and O–H groups in total. The van der Waals surface area contributed by atoms with Crippen molar-refractivity contribution in [2.75, 3.05) is 5.32 Å². The molecule has 0 aliphatic rings. The van der Waals surface area contributed by atoms with E-state index in [-0.39, 0.29) is 5.78 Å². The zero-order valence-corrected chi connectivity index (χ0v) is 11.1. The van der Waals surface area contributed by atoms with E-state index >= 15 is 0 Å². The number of aromatic nitrogens is 1. The highest BCUT2D eigenvalue weighted by Gasteiger charge is 2.03. The smallest absolute Gasteiger partial charge is 0.159 e. The molecule has 3 rings (SSSR count). The number of Topliss-reactive ketones (excluding diaryl/α,β-unsaturated/α-hetero) is 1. The molecular weight excluding hydrogens is 248 g/mol. The van der Waals surface area contributed by atoms with Crippen molar-refractivity contribution in [2.24, 2.45) is 0 Å². The minimum Gasteiger partial charge on any atom is -0.355 e. The number of carbonyl (C=O) groups is 1. The Balaban J connectivity index is 1.95. The van der Waals surface area contributed by atoms with Crippen LogP contribution in [-0.2, 0) is 0 Å². The molecule has 1 aromatic heterocycles. The van der Waals surface area contributed by atoms with Gasteiger partial charge in [0.2, 0.25) is 0 Å². The summed E-state index contributed by atoms with van der Waals surface area (Å²) in [5.41, 5.74) is 3.63. The molecule has 3 aromatic rings. The summed E-state index contributed by atoms with van der Waals surface area (Å²) < 4.78 is 0. The molecule has 3 nitrogen and oxygen atoms in total. The number of hydrogen-bond donors (Lipinski definition) is 1. The van der Waals surface area contributed by atoms with E-state index in [9.17, 15) is 4.79 Å². The summed E-state index contributed by atoms with van der Waals surface area (Å²) >= 11 is 0. The summed E-state index contributed by atoms with van der Waals surface area (Å²) in [4.78, 5) is 15.6. The third-order valence-corrected chi connectivity index (χ3v) is 3.22. The SMILES string of the molecule is CC(=O)c1ccc(Nc2ccnc3ccccc23)cc1. The standard InChI is InChI=1S/C17H14N2O/c1-12(20)13-6-8-14(9-7-13)19-17-10-11-18-16-5-3-2-4-15(16)17/h2-11H,1H3,(H,18,19). The highest BCUT2D eigenvalue weighted by molar-refractivity contribution is 5.95. The largest absolute Gasteiger partial charge is 0.355 e. The van der Waals surface area contributed by atoms with Gasteiger partial charge in [-0.25, -0.2) is 0 Å². The van der Waals surface area contributed by atoms with E-state index in [1.807, 2.05) is 54.6 Å². The minimum atomic E-state index is 0.0749. The second-order valence-corrected chi connectivity index (χ2v) is 4.63. The summed E-state index contributed by atoms with van der Waals surface area (Å²) in [6.45, 7) is 1.57. The van der Waals surface area contributed by atoms with Crippen molar-refractivity contribution in [1.29, 1.82) is 0 Å². The zero-order valence-electron chi connectivity index (χ0n) is 11.1. The van der Waals surface area contributed by atoms with Gasteiger partial charge in [0, 0.05) is 28.5 Å². The van der Waals surface area contributed by atoms with E-state index in [1.54, 1.807) is 13.1 Å². The Morgan fingerprint density at radius 2 is 1.75 bits per heavy atom. The van der Waals surface area contributed by atoms with Crippen LogP contribution in [0.25, 0.3) is 10.9 Å². The molecule has 0 radical (unpaired) electrons. The van der Waals surface area contributed by atoms with Gasteiger partial charge in [-0.2, -0.15) is 0 Å². The molecule has 0 bridgehead atoms. The molecule has 1 heterocycles. The van der Waals surface area contributed by atoms with Gasteiger partial charge in [-0.1, -0.05) is 18.2 Å². The lowest BCUT2D eigenvalue weighted by molar-refractivity contribution is 0.101. The Bertz CT molecular complexity index is 758. The molecule has 0 unspecified atom stereocenters. The second kappa shape index (κ2) is 5.13. The van der Waals surface area contributed by atoms with E-state index < -0.39 is 0 Å². The quantitative estimate of drug-likeness (QED) is 0.720. The summed E-state index contributed by atoms with van der Waals surface area (Å²) in [7, 11) is 0. The van der Waals surface area contributed by atoms with Crippen molar-refractivity contribution in [1.82, 2.24) is 4.98 Å². The molecule has 0 aliphatic carbocycles. The van der Waals surface area contributed by atoms with Crippen LogP contribution in [0, 0.1) is 0 Å². The van der Waals surface area contributed by atoms with Crippen molar-refractivity contribution in [3.8, 4) is 0 Å². The first kappa shape index (κ1) is 12.4. The van der Waals surface area contributed by atoms with Gasteiger partial charge < -0.3 is 5.32 Å². The molecule has 3 heteroatoms. The van der Waals surface area contributed by atoms with Crippen molar-refractivity contribution in [2.45, 2.75) is 6.92 Å². The molecule has 0 saturated carbocycles. The van der Waals surface area contributed by atoms with Gasteiger partial charge in [0.1, 0.15) is 0 Å². The Kier molecular flexibility index (Phi) is 3.17. The van der Waals surface area contributed by atoms with Crippen LogP contribution in [0.5, 0.6) is 0 Å². The van der Waals surface area contributed by atoms with Gasteiger partial charge >= 0.3 is 0 Å². The molecule has 0 saturated heterocycles. The van der Waals surface area contributed by atoms with E-state index in [4.69, 9.17) is 0 Å². The fraction of sp³-hybridized carbons (Fsp3) is 0.0588. The zero-order chi connectivity index (χ0) is 13.9. The van der Waals surface area contributed by atoms with Gasteiger partial charge in [0.05, 0.1) is 5.52 Å². The first-order chi connectivity index (χ1) is 9.74. The van der Waals surface area contributed by atoms with Crippen LogP contribution >= 0.6 is 0 Å². The number of anilines is 2. The minimum absolute atomic E-state index is 0.0749. The topological polar surface area (TPSA) is 42.0 Å². The molecule has 98 valence electrons. The number of ketones is 1. The van der Waals surface area contributed by atoms with Crippen LogP contribution < -0.4 is 5.32 Å². The van der Waals surface area contributed by atoms with Crippen LogP contribution in [0.2, 0.25) is 0 Å². The van der Waals surface area contributed by atoms with E-state index in [2.05, 4.69) is 10.3 Å². The van der Waals surface area contributed by atoms with Crippen LogP contribution in [-0.4, -0.2) is 10.8 Å². The lowest BCUT2D eigenvalue weighted by Gasteiger charge is -2.09. The third-order valence-electron chi connectivity index (χ3n) is 3.22. The summed E-state index contributed by atoms with van der Waals surface area (Å²) in [5, 5.41) is 4.44. The van der Waals surface area contributed by atoms with Gasteiger partial charge in [0.15, 0.2) is 5.78 Å². The van der Waals surface area contributed by atoms with E-state index in [0.717, 1.165) is 27.8 Å². The number of rotatable bonds is 3. The fourth-order valence-corrected chi connectivity index (χ4v) is 2.15. The van der Waals surface area contributed by atoms with Crippen LogP contribution in [0.4, 0.5) is 11.4 Å². The number of hydrogen-bond acceptors (Lipinski definition) is 3. The predicted molar refractivity (Wildman–Crippen MR) is 81.5 cm³/mol. The van der Waals surface area contributed by atoms with Crippen molar-refractivity contribution in [3.05, 3.63) is 66.4 Å². The normalized spacial score (nSPS) is 10.4. The van der Waals surface area contributed by atoms with Crippen LogP contribution in [0.1, 0.15) is 17.3 Å². The lowest BCUT2D eigenvalue weighted by Crippen LogP contribution is -1.95. The number of fused-ring (bicyclic) bond motifs is 1. The Morgan fingerprint density at radius 3 is 2.50 bits per heavy atom. The molecule has 0 atom stereocenters. The van der Waals surface area contributed by atoms with Gasteiger partial charge in [-0.3, -0.25) is 9.78 Å². The average Bonchev–Trinajstić information content (AvgIpc) is 2.48. The maximum Gasteiger partial charge on any atom is 0.159 e. The highest BCUT2D eigenvalue weighted by atomic mass is 16.1.